The van der Waals surface area contributed by atoms with Crippen molar-refractivity contribution in [1.29, 1.82) is 0 Å². The fourth-order valence-electron chi connectivity index (χ4n) is 4.52. The van der Waals surface area contributed by atoms with Crippen LogP contribution in [-0.4, -0.2) is 61.9 Å². The highest BCUT2D eigenvalue weighted by Gasteiger charge is 2.56. The lowest BCUT2D eigenvalue weighted by Crippen LogP contribution is -2.45. The smallest absolute Gasteiger partial charge is 0.249 e. The van der Waals surface area contributed by atoms with Gasteiger partial charge in [-0.1, -0.05) is 23.9 Å². The Bertz CT molecular complexity index is 1060. The van der Waals surface area contributed by atoms with Gasteiger partial charge in [-0.3, -0.25) is 9.79 Å². The van der Waals surface area contributed by atoms with Gasteiger partial charge < -0.3 is 15.0 Å². The first-order valence-electron chi connectivity index (χ1n) is 10.9. The van der Waals surface area contributed by atoms with Gasteiger partial charge in [-0.15, -0.1) is 0 Å². The lowest BCUT2D eigenvalue weighted by atomic mass is 9.99. The van der Waals surface area contributed by atoms with E-state index in [9.17, 15) is 9.18 Å². The Morgan fingerprint density at radius 2 is 2.09 bits per heavy atom. The molecule has 0 bridgehead atoms. The number of benzene rings is 1. The molecule has 1 aromatic heterocycles. The molecule has 2 aromatic rings. The van der Waals surface area contributed by atoms with Crippen LogP contribution in [0.5, 0.6) is 0 Å². The van der Waals surface area contributed by atoms with E-state index in [0.29, 0.717) is 18.5 Å². The Kier molecular flexibility index (Phi) is 5.63. The number of fused-ring (bicyclic) bond motifs is 1. The van der Waals surface area contributed by atoms with Gasteiger partial charge in [0.2, 0.25) is 11.9 Å². The molecule has 2 unspecified atom stereocenters. The Labute approximate surface area is 190 Å². The van der Waals surface area contributed by atoms with E-state index < -0.39 is 11.6 Å². The first kappa shape index (κ1) is 21.3. The first-order valence-corrected chi connectivity index (χ1v) is 11.8. The van der Waals surface area contributed by atoms with Crippen molar-refractivity contribution in [1.82, 2.24) is 14.9 Å². The average molecular weight is 456 g/mol. The zero-order chi connectivity index (χ0) is 22.3. The Morgan fingerprint density at radius 3 is 2.84 bits per heavy atom. The third-order valence-corrected chi connectivity index (χ3v) is 7.98. The number of rotatable bonds is 5. The van der Waals surface area contributed by atoms with Gasteiger partial charge >= 0.3 is 0 Å². The van der Waals surface area contributed by atoms with Gasteiger partial charge in [-0.2, -0.15) is 0 Å². The summed E-state index contributed by atoms with van der Waals surface area (Å²) < 4.78 is 19.0. The van der Waals surface area contributed by atoms with Gasteiger partial charge in [-0.05, 0) is 50.5 Å². The van der Waals surface area contributed by atoms with Crippen LogP contribution in [0.4, 0.5) is 10.3 Å². The van der Waals surface area contributed by atoms with E-state index in [0.717, 1.165) is 42.4 Å². The van der Waals surface area contributed by atoms with E-state index in [1.165, 1.54) is 12.1 Å². The second-order valence-corrected chi connectivity index (χ2v) is 10.1. The summed E-state index contributed by atoms with van der Waals surface area (Å²) >= 11 is 1.59. The minimum absolute atomic E-state index is 0.0265. The highest BCUT2D eigenvalue weighted by molar-refractivity contribution is 8.15. The number of nitrogens with one attached hydrogen (secondary N) is 1. The number of aliphatic imine (C=N–C) groups is 1. The molecule has 0 saturated carbocycles. The van der Waals surface area contributed by atoms with Gasteiger partial charge in [0, 0.05) is 32.0 Å². The first-order chi connectivity index (χ1) is 15.4. The predicted molar refractivity (Wildman–Crippen MR) is 122 cm³/mol. The quantitative estimate of drug-likeness (QED) is 0.746. The standard InChI is InChI=1S/C23H26FN5O2S/c1-23(2)19-18(21(30)29(23)13-14-4-3-5-15(24)12-14)28-20(32-19)17-6-9-25-22(27-17)26-16-7-10-31-11-8-16/h3-6,9,12,16,18-19H,7-8,10-11,13H2,1-2H3,(H,25,26,27). The van der Waals surface area contributed by atoms with E-state index in [2.05, 4.69) is 29.1 Å². The van der Waals surface area contributed by atoms with Gasteiger partial charge in [-0.25, -0.2) is 14.4 Å². The van der Waals surface area contributed by atoms with E-state index in [1.807, 2.05) is 17.0 Å². The van der Waals surface area contributed by atoms with E-state index in [-0.39, 0.29) is 17.0 Å². The molecule has 3 aliphatic rings. The van der Waals surface area contributed by atoms with Crippen LogP contribution >= 0.6 is 11.8 Å². The molecular weight excluding hydrogens is 429 g/mol. The van der Waals surface area contributed by atoms with E-state index in [1.54, 1.807) is 24.0 Å². The number of nitrogens with zero attached hydrogens (tertiary/aromatic N) is 4. The SMILES string of the molecule is CC1(C)C2SC(c3ccnc(NC4CCOCC4)n3)=NC2C(=O)N1Cc1cccc(F)c1. The molecule has 0 radical (unpaired) electrons. The predicted octanol–water partition coefficient (Wildman–Crippen LogP) is 3.26. The number of likely N-dealkylation sites (tertiary alicyclic amines) is 1. The van der Waals surface area contributed by atoms with Crippen LogP contribution in [0.1, 0.15) is 37.9 Å². The molecule has 0 aliphatic carbocycles. The summed E-state index contributed by atoms with van der Waals surface area (Å²) in [7, 11) is 0. The van der Waals surface area contributed by atoms with Gasteiger partial charge in [0.1, 0.15) is 22.6 Å². The van der Waals surface area contributed by atoms with Crippen LogP contribution in [0.3, 0.4) is 0 Å². The Morgan fingerprint density at radius 1 is 1.28 bits per heavy atom. The maximum atomic E-state index is 13.6. The number of hydrogen-bond donors (Lipinski definition) is 1. The van der Waals surface area contributed by atoms with Crippen molar-refractivity contribution in [2.75, 3.05) is 18.5 Å². The molecule has 2 saturated heterocycles. The number of amides is 1. The molecule has 4 heterocycles. The largest absolute Gasteiger partial charge is 0.381 e. The summed E-state index contributed by atoms with van der Waals surface area (Å²) in [6, 6.07) is 8.08. The lowest BCUT2D eigenvalue weighted by Gasteiger charge is -2.35. The summed E-state index contributed by atoms with van der Waals surface area (Å²) in [6.07, 6.45) is 3.58. The van der Waals surface area contributed by atoms with Crippen molar-refractivity contribution >= 4 is 28.7 Å². The number of hydrogen-bond acceptors (Lipinski definition) is 7. The molecule has 32 heavy (non-hydrogen) atoms. The third-order valence-electron chi connectivity index (χ3n) is 6.35. The zero-order valence-electron chi connectivity index (χ0n) is 18.1. The third kappa shape index (κ3) is 3.99. The van der Waals surface area contributed by atoms with Crippen LogP contribution in [0.2, 0.25) is 0 Å². The van der Waals surface area contributed by atoms with Crippen LogP contribution in [0, 0.1) is 5.82 Å². The topological polar surface area (TPSA) is 79.7 Å². The zero-order valence-corrected chi connectivity index (χ0v) is 18.9. The van der Waals surface area contributed by atoms with Gasteiger partial charge in [0.25, 0.3) is 0 Å². The number of halogens is 1. The number of carbonyl (C=O) groups is 1. The fraction of sp³-hybridized carbons (Fsp3) is 0.478. The van der Waals surface area contributed by atoms with Crippen molar-refractivity contribution in [3.63, 3.8) is 0 Å². The highest BCUT2D eigenvalue weighted by atomic mass is 32.2. The van der Waals surface area contributed by atoms with Gasteiger partial charge in [0.05, 0.1) is 10.8 Å². The molecule has 1 amide bonds. The number of ether oxygens (including phenoxy) is 1. The van der Waals surface area contributed by atoms with Crippen LogP contribution in [0.15, 0.2) is 41.5 Å². The van der Waals surface area contributed by atoms with Crippen molar-refractivity contribution in [2.24, 2.45) is 4.99 Å². The molecule has 2 atom stereocenters. The molecule has 0 spiro atoms. The molecule has 3 aliphatic heterocycles. The van der Waals surface area contributed by atoms with Crippen molar-refractivity contribution in [2.45, 2.75) is 56.1 Å². The van der Waals surface area contributed by atoms with E-state index in [4.69, 9.17) is 9.73 Å². The summed E-state index contributed by atoms with van der Waals surface area (Å²) in [6.45, 7) is 5.96. The van der Waals surface area contributed by atoms with Crippen molar-refractivity contribution in [3.8, 4) is 0 Å². The van der Waals surface area contributed by atoms with Crippen LogP contribution in [-0.2, 0) is 16.1 Å². The highest BCUT2D eigenvalue weighted by Crippen LogP contribution is 2.46. The molecule has 5 rings (SSSR count). The maximum Gasteiger partial charge on any atom is 0.249 e. The van der Waals surface area contributed by atoms with Crippen molar-refractivity contribution in [3.05, 3.63) is 53.6 Å². The maximum absolute atomic E-state index is 13.6. The summed E-state index contributed by atoms with van der Waals surface area (Å²) in [5.74, 6) is 0.255. The second-order valence-electron chi connectivity index (χ2n) is 8.92. The molecule has 1 N–H and O–H groups in total. The number of aromatic nitrogens is 2. The lowest BCUT2D eigenvalue weighted by molar-refractivity contribution is -0.132. The average Bonchev–Trinajstić information content (AvgIpc) is 3.30. The Hall–Kier alpha value is -2.52. The Balaban J connectivity index is 1.34. The van der Waals surface area contributed by atoms with Crippen LogP contribution in [0.25, 0.3) is 0 Å². The molecule has 9 heteroatoms. The molecule has 2 fully saturated rings. The summed E-state index contributed by atoms with van der Waals surface area (Å²) in [5.41, 5.74) is 1.08. The normalized spacial score (nSPS) is 25.0. The minimum atomic E-state index is -0.458. The summed E-state index contributed by atoms with van der Waals surface area (Å²) in [4.78, 5) is 28.9. The monoisotopic (exact) mass is 455 g/mol. The number of anilines is 1. The van der Waals surface area contributed by atoms with Gasteiger partial charge in [0.15, 0.2) is 0 Å². The number of thioether (sulfide) groups is 1. The minimum Gasteiger partial charge on any atom is -0.381 e. The second kappa shape index (κ2) is 8.44. The molecule has 7 nitrogen and oxygen atoms in total. The fourth-order valence-corrected chi connectivity index (χ4v) is 5.89. The van der Waals surface area contributed by atoms with E-state index >= 15 is 0 Å². The molecule has 168 valence electrons. The number of carbonyl (C=O) groups excluding carboxylic acids is 1. The van der Waals surface area contributed by atoms with Crippen molar-refractivity contribution < 1.29 is 13.9 Å². The summed E-state index contributed by atoms with van der Waals surface area (Å²) in [5, 5.41) is 4.13. The van der Waals surface area contributed by atoms with Crippen LogP contribution < -0.4 is 5.32 Å². The molecule has 1 aromatic carbocycles. The molecular formula is C23H26FN5O2S.